The second-order valence-corrected chi connectivity index (χ2v) is 4.98. The number of hydrogen-bond donors (Lipinski definition) is 0. The lowest BCUT2D eigenvalue weighted by atomic mass is 10.3. The summed E-state index contributed by atoms with van der Waals surface area (Å²) in [6.07, 6.45) is 1.75. The average Bonchev–Trinajstić information content (AvgIpc) is 2.74. The molecule has 1 aliphatic rings. The third-order valence-corrected chi connectivity index (χ3v) is 3.71. The molecule has 4 nitrogen and oxygen atoms in total. The molecule has 0 saturated carbocycles. The fourth-order valence-corrected chi connectivity index (χ4v) is 2.67. The molecule has 0 atom stereocenters. The van der Waals surface area contributed by atoms with Gasteiger partial charge in [-0.25, -0.2) is 9.79 Å². The van der Waals surface area contributed by atoms with Crippen LogP contribution < -0.4 is 10.6 Å². The lowest BCUT2D eigenvalue weighted by molar-refractivity contribution is -0.136. The van der Waals surface area contributed by atoms with E-state index in [9.17, 15) is 9.59 Å². The summed E-state index contributed by atoms with van der Waals surface area (Å²) in [4.78, 5) is 27.6. The van der Waals surface area contributed by atoms with E-state index in [4.69, 9.17) is 0 Å². The Bertz CT molecular complexity index is 676. The summed E-state index contributed by atoms with van der Waals surface area (Å²) in [7, 11) is 1.34. The second-order valence-electron chi connectivity index (χ2n) is 3.95. The van der Waals surface area contributed by atoms with Crippen molar-refractivity contribution in [2.45, 2.75) is 6.92 Å². The molecule has 0 unspecified atom stereocenters. The van der Waals surface area contributed by atoms with Crippen LogP contribution >= 0.6 is 11.8 Å². The number of ether oxygens (including phenoxy) is 1. The fourth-order valence-electron chi connectivity index (χ4n) is 1.67. The van der Waals surface area contributed by atoms with Crippen LogP contribution in [0, 0.1) is 0 Å². The molecule has 98 valence electrons. The van der Waals surface area contributed by atoms with E-state index in [1.165, 1.54) is 18.9 Å². The van der Waals surface area contributed by atoms with E-state index in [1.807, 2.05) is 24.3 Å². The number of fused-ring (bicyclic) bond motifs is 1. The highest BCUT2D eigenvalue weighted by atomic mass is 32.2. The molecule has 0 spiro atoms. The molecule has 1 heterocycles. The molecule has 0 radical (unpaired) electrons. The van der Waals surface area contributed by atoms with E-state index in [2.05, 4.69) is 9.73 Å². The van der Waals surface area contributed by atoms with Crippen molar-refractivity contribution in [2.75, 3.05) is 12.9 Å². The van der Waals surface area contributed by atoms with Crippen molar-refractivity contribution < 1.29 is 14.3 Å². The Morgan fingerprint density at radius 3 is 2.89 bits per heavy atom. The maximum atomic E-state index is 11.8. The van der Waals surface area contributed by atoms with Crippen LogP contribution in [0.1, 0.15) is 6.92 Å². The molecule has 0 aliphatic carbocycles. The number of benzene rings is 1. The highest BCUT2D eigenvalue weighted by Gasteiger charge is 2.15. The van der Waals surface area contributed by atoms with Gasteiger partial charge in [-0.15, -0.1) is 11.8 Å². The van der Waals surface area contributed by atoms with Crippen molar-refractivity contribution in [3.63, 3.8) is 0 Å². The van der Waals surface area contributed by atoms with Gasteiger partial charge in [0, 0.05) is 16.5 Å². The largest absolute Gasteiger partial charge is 0.466 e. The smallest absolute Gasteiger partial charge is 0.333 e. The minimum absolute atomic E-state index is 0.213. The number of carbonyl (C=O) groups excluding carboxylic acids is 2. The summed E-state index contributed by atoms with van der Waals surface area (Å²) in [5.41, 5.74) is 0.534. The number of carbonyl (C=O) groups is 2. The van der Waals surface area contributed by atoms with Crippen molar-refractivity contribution in [1.82, 2.24) is 0 Å². The molecule has 0 aromatic heterocycles. The number of esters is 1. The molecule has 5 heteroatoms. The first-order valence-electron chi connectivity index (χ1n) is 5.73. The zero-order valence-electron chi connectivity index (χ0n) is 10.7. The molecule has 0 saturated heterocycles. The van der Waals surface area contributed by atoms with Gasteiger partial charge in [0.25, 0.3) is 5.91 Å². The maximum absolute atomic E-state index is 11.8. The average molecular weight is 275 g/mol. The van der Waals surface area contributed by atoms with Crippen LogP contribution in [-0.2, 0) is 14.3 Å². The number of rotatable bonds is 4. The van der Waals surface area contributed by atoms with Crippen molar-refractivity contribution in [2.24, 2.45) is 4.99 Å². The normalized spacial score (nSPS) is 14.1. The second kappa shape index (κ2) is 5.84. The van der Waals surface area contributed by atoms with E-state index in [1.54, 1.807) is 13.0 Å². The van der Waals surface area contributed by atoms with Crippen molar-refractivity contribution in [3.8, 4) is 0 Å². The van der Waals surface area contributed by atoms with Crippen LogP contribution in [0.25, 0.3) is 4.91 Å². The summed E-state index contributed by atoms with van der Waals surface area (Å²) in [5.74, 6) is -0.0324. The van der Waals surface area contributed by atoms with Crippen LogP contribution in [0.2, 0.25) is 0 Å². The zero-order valence-corrected chi connectivity index (χ0v) is 11.5. The van der Waals surface area contributed by atoms with E-state index in [0.717, 1.165) is 5.22 Å². The number of thioether (sulfide) groups is 1. The van der Waals surface area contributed by atoms with Gasteiger partial charge in [-0.05, 0) is 13.0 Å². The Hall–Kier alpha value is -1.88. The van der Waals surface area contributed by atoms with Gasteiger partial charge in [-0.1, -0.05) is 24.3 Å². The van der Waals surface area contributed by atoms with Gasteiger partial charge < -0.3 is 4.74 Å². The zero-order chi connectivity index (χ0) is 13.8. The fraction of sp³-hybridized carbons (Fsp3) is 0.214. The monoisotopic (exact) mass is 275 g/mol. The van der Waals surface area contributed by atoms with Gasteiger partial charge in [-0.3, -0.25) is 4.79 Å². The predicted molar refractivity (Wildman–Crippen MR) is 73.9 cm³/mol. The van der Waals surface area contributed by atoms with Gasteiger partial charge in [0.05, 0.1) is 17.4 Å². The third-order valence-electron chi connectivity index (χ3n) is 2.69. The minimum Gasteiger partial charge on any atom is -0.466 e. The molecule has 1 aromatic carbocycles. The molecule has 1 aliphatic heterocycles. The number of para-hydroxylation sites is 1. The Morgan fingerprint density at radius 2 is 2.16 bits per heavy atom. The molecule has 0 N–H and O–H groups in total. The molecular formula is C14H13NO3S. The van der Waals surface area contributed by atoms with Gasteiger partial charge in [0.1, 0.15) is 0 Å². The molecule has 2 rings (SSSR count). The first-order chi connectivity index (χ1) is 9.13. The van der Waals surface area contributed by atoms with Crippen molar-refractivity contribution in [1.29, 1.82) is 0 Å². The minimum atomic E-state index is -0.353. The first kappa shape index (κ1) is 13.5. The number of amides is 1. The van der Waals surface area contributed by atoms with Crippen molar-refractivity contribution >= 4 is 28.5 Å². The quantitative estimate of drug-likeness (QED) is 0.602. The van der Waals surface area contributed by atoms with Crippen LogP contribution in [0.3, 0.4) is 0 Å². The summed E-state index contributed by atoms with van der Waals surface area (Å²) in [6, 6.07) is 7.42. The Balaban J connectivity index is 2.16. The topological polar surface area (TPSA) is 55.7 Å². The highest BCUT2D eigenvalue weighted by molar-refractivity contribution is 8.09. The Morgan fingerprint density at radius 1 is 1.42 bits per heavy atom. The molecular weight excluding hydrogens is 262 g/mol. The van der Waals surface area contributed by atoms with E-state index in [-0.39, 0.29) is 11.9 Å². The van der Waals surface area contributed by atoms with Crippen molar-refractivity contribution in [3.05, 3.63) is 46.5 Å². The SMILES string of the molecule is COC(=O)/C(C)=C/CSC1=c2ccccc2=NC1=O. The molecule has 1 aromatic rings. The van der Waals surface area contributed by atoms with Crippen LogP contribution in [0.5, 0.6) is 0 Å². The standard InChI is InChI=1S/C14H13NO3S/c1-9(14(17)18-2)7-8-19-12-10-5-3-4-6-11(10)15-13(12)16/h3-7H,8H2,1-2H3/b9-7+. The van der Waals surface area contributed by atoms with Crippen LogP contribution in [0.15, 0.2) is 40.9 Å². The summed E-state index contributed by atoms with van der Waals surface area (Å²) < 4.78 is 4.60. The Kier molecular flexibility index (Phi) is 4.16. The molecule has 0 bridgehead atoms. The first-order valence-corrected chi connectivity index (χ1v) is 6.72. The summed E-state index contributed by atoms with van der Waals surface area (Å²) in [6.45, 7) is 1.69. The summed E-state index contributed by atoms with van der Waals surface area (Å²) >= 11 is 1.38. The third kappa shape index (κ3) is 2.93. The highest BCUT2D eigenvalue weighted by Crippen LogP contribution is 2.19. The van der Waals surface area contributed by atoms with Gasteiger partial charge >= 0.3 is 5.97 Å². The van der Waals surface area contributed by atoms with E-state index in [0.29, 0.717) is 21.6 Å². The lowest BCUT2D eigenvalue weighted by Gasteiger charge is -1.99. The lowest BCUT2D eigenvalue weighted by Crippen LogP contribution is -2.21. The summed E-state index contributed by atoms with van der Waals surface area (Å²) in [5, 5.41) is 1.57. The Labute approximate surface area is 114 Å². The van der Waals surface area contributed by atoms with Gasteiger partial charge in [0.2, 0.25) is 0 Å². The van der Waals surface area contributed by atoms with E-state index >= 15 is 0 Å². The van der Waals surface area contributed by atoms with Gasteiger partial charge in [0.15, 0.2) is 0 Å². The van der Waals surface area contributed by atoms with E-state index < -0.39 is 0 Å². The number of methoxy groups -OCH3 is 1. The van der Waals surface area contributed by atoms with Crippen LogP contribution in [0.4, 0.5) is 0 Å². The predicted octanol–water partition coefficient (Wildman–Crippen LogP) is 0.807. The molecule has 0 fully saturated rings. The number of nitrogens with zero attached hydrogens (tertiary/aromatic N) is 1. The van der Waals surface area contributed by atoms with Gasteiger partial charge in [-0.2, -0.15) is 0 Å². The van der Waals surface area contributed by atoms with Crippen LogP contribution in [-0.4, -0.2) is 24.7 Å². The molecule has 19 heavy (non-hydrogen) atoms. The maximum Gasteiger partial charge on any atom is 0.333 e. The number of hydrogen-bond acceptors (Lipinski definition) is 4. The molecule has 1 amide bonds.